The number of hydrogen-bond donors (Lipinski definition) is 0. The first-order valence-corrected chi connectivity index (χ1v) is 9.49. The van der Waals surface area contributed by atoms with Crippen molar-refractivity contribution in [3.8, 4) is 11.1 Å². The zero-order valence-corrected chi connectivity index (χ0v) is 16.9. The lowest BCUT2D eigenvalue weighted by molar-refractivity contribution is 0.0302. The number of amides is 1. The molecule has 6 heteroatoms. The molecule has 0 unspecified atom stereocenters. The molecular weight excluding hydrogens is 376 g/mol. The van der Waals surface area contributed by atoms with E-state index in [0.29, 0.717) is 48.7 Å². The first kappa shape index (κ1) is 21.1. The molecule has 0 aliphatic carbocycles. The topological polar surface area (TPSA) is 67.2 Å². The van der Waals surface area contributed by atoms with Crippen molar-refractivity contribution >= 4 is 30.6 Å². The highest BCUT2D eigenvalue weighted by Crippen LogP contribution is 2.34. The van der Waals surface area contributed by atoms with Gasteiger partial charge in [-0.05, 0) is 54.4 Å². The Kier molecular flexibility index (Phi) is 6.83. The average Bonchev–Trinajstić information content (AvgIpc) is 2.81. The lowest BCUT2D eigenvalue weighted by Gasteiger charge is -2.26. The predicted molar refractivity (Wildman–Crippen MR) is 122 cm³/mol. The molecule has 1 aromatic carbocycles. The van der Waals surface area contributed by atoms with Gasteiger partial charge in [-0.2, -0.15) is 0 Å². The molecule has 152 valence electrons. The quantitative estimate of drug-likeness (QED) is 0.513. The summed E-state index contributed by atoms with van der Waals surface area (Å²) in [4.78, 5) is 26.7. The first-order valence-electron chi connectivity index (χ1n) is 9.49. The van der Waals surface area contributed by atoms with Crippen LogP contribution < -0.4 is 0 Å². The van der Waals surface area contributed by atoms with E-state index < -0.39 is 0 Å². The highest BCUT2D eigenvalue weighted by Gasteiger charge is 2.19. The lowest BCUT2D eigenvalue weighted by Crippen LogP contribution is -2.40. The molecule has 1 aromatic heterocycles. The van der Waals surface area contributed by atoms with Crippen LogP contribution in [0.1, 0.15) is 15.9 Å². The van der Waals surface area contributed by atoms with Crippen molar-refractivity contribution in [2.75, 3.05) is 26.3 Å². The fourth-order valence-corrected chi connectivity index (χ4v) is 3.18. The maximum Gasteiger partial charge on any atom is 0.255 e. The van der Waals surface area contributed by atoms with Crippen molar-refractivity contribution < 1.29 is 9.53 Å². The van der Waals surface area contributed by atoms with E-state index in [4.69, 9.17) is 4.74 Å². The van der Waals surface area contributed by atoms with E-state index in [9.17, 15) is 4.79 Å². The van der Waals surface area contributed by atoms with Crippen LogP contribution in [0.25, 0.3) is 16.7 Å². The second kappa shape index (κ2) is 9.71. The monoisotopic (exact) mass is 400 g/mol. The molecule has 6 nitrogen and oxygen atoms in total. The van der Waals surface area contributed by atoms with Gasteiger partial charge in [0.2, 0.25) is 0 Å². The van der Waals surface area contributed by atoms with Gasteiger partial charge < -0.3 is 9.64 Å². The Morgan fingerprint density at radius 1 is 1.10 bits per heavy atom. The van der Waals surface area contributed by atoms with E-state index in [1.54, 1.807) is 29.6 Å². The summed E-state index contributed by atoms with van der Waals surface area (Å²) in [7, 11) is 0. The molecule has 0 bridgehead atoms. The number of hydrogen-bond acceptors (Lipinski definition) is 5. The minimum Gasteiger partial charge on any atom is -0.378 e. The van der Waals surface area contributed by atoms with E-state index in [0.717, 1.165) is 16.7 Å². The number of benzene rings is 1. The number of carbonyl (C=O) groups excluding carboxylic acids is 1. The summed E-state index contributed by atoms with van der Waals surface area (Å²) in [6.07, 6.45) is 6.62. The van der Waals surface area contributed by atoms with Gasteiger partial charge in [-0.15, -0.1) is 0 Å². The number of nitrogens with zero attached hydrogens (tertiary/aromatic N) is 4. The molecule has 1 aliphatic heterocycles. The van der Waals surface area contributed by atoms with Gasteiger partial charge >= 0.3 is 0 Å². The Labute approximate surface area is 176 Å². The maximum atomic E-state index is 12.8. The van der Waals surface area contributed by atoms with E-state index >= 15 is 0 Å². The summed E-state index contributed by atoms with van der Waals surface area (Å²) in [5, 5.41) is 0. The van der Waals surface area contributed by atoms with Crippen LogP contribution in [0.5, 0.6) is 0 Å². The van der Waals surface area contributed by atoms with Crippen LogP contribution in [-0.2, 0) is 4.74 Å². The molecule has 1 fully saturated rings. The minimum absolute atomic E-state index is 0.0444. The molecule has 0 spiro atoms. The van der Waals surface area contributed by atoms with Crippen LogP contribution in [-0.4, -0.2) is 55.5 Å². The van der Waals surface area contributed by atoms with Gasteiger partial charge in [-0.25, -0.2) is 0 Å². The van der Waals surface area contributed by atoms with Crippen LogP contribution >= 0.6 is 0 Å². The van der Waals surface area contributed by atoms with E-state index in [1.165, 1.54) is 0 Å². The van der Waals surface area contributed by atoms with Gasteiger partial charge in [0.25, 0.3) is 5.91 Å². The smallest absolute Gasteiger partial charge is 0.255 e. The third kappa shape index (κ3) is 4.67. The highest BCUT2D eigenvalue weighted by atomic mass is 16.5. The Balaban J connectivity index is 1.94. The van der Waals surface area contributed by atoms with Crippen LogP contribution in [0.4, 0.5) is 5.69 Å². The minimum atomic E-state index is -0.0444. The van der Waals surface area contributed by atoms with Crippen molar-refractivity contribution in [2.45, 2.75) is 0 Å². The second-order valence-corrected chi connectivity index (χ2v) is 6.76. The maximum absolute atomic E-state index is 12.8. The average molecular weight is 400 g/mol. The third-order valence-electron chi connectivity index (χ3n) is 4.88. The number of allylic oxidation sites excluding steroid dienone is 3. The van der Waals surface area contributed by atoms with Crippen molar-refractivity contribution in [3.63, 3.8) is 0 Å². The van der Waals surface area contributed by atoms with E-state index in [2.05, 4.69) is 41.6 Å². The number of carbonyl (C=O) groups is 1. The second-order valence-electron chi connectivity index (χ2n) is 6.76. The van der Waals surface area contributed by atoms with Gasteiger partial charge in [-0.3, -0.25) is 19.8 Å². The zero-order chi connectivity index (χ0) is 21.5. The zero-order valence-electron chi connectivity index (χ0n) is 16.9. The predicted octanol–water partition coefficient (Wildman–Crippen LogP) is 4.34. The van der Waals surface area contributed by atoms with Crippen molar-refractivity contribution in [1.82, 2.24) is 9.88 Å². The molecule has 3 rings (SSSR count). The Morgan fingerprint density at radius 2 is 1.87 bits per heavy atom. The number of aromatic nitrogens is 1. The molecule has 2 heterocycles. The fourth-order valence-electron chi connectivity index (χ4n) is 3.18. The number of rotatable bonds is 7. The summed E-state index contributed by atoms with van der Waals surface area (Å²) >= 11 is 0. The molecule has 0 atom stereocenters. The Morgan fingerprint density at radius 3 is 2.57 bits per heavy atom. The summed E-state index contributed by atoms with van der Waals surface area (Å²) in [6.45, 7) is 17.5. The Bertz CT molecular complexity index is 1030. The molecule has 1 aliphatic rings. The summed E-state index contributed by atoms with van der Waals surface area (Å²) < 4.78 is 5.33. The van der Waals surface area contributed by atoms with Crippen molar-refractivity contribution in [3.05, 3.63) is 78.8 Å². The molecule has 1 saturated heterocycles. The molecule has 0 N–H and O–H groups in total. The van der Waals surface area contributed by atoms with E-state index in [1.807, 2.05) is 24.3 Å². The standard InChI is InChI=1S/C24H24N4O2/c1-17(7-8-25-3)18(2)22-14-19(5-6-23(22)26-4)20-13-21(16-27-15-20)24(29)28-9-11-30-12-10-28/h5-8,13-16H,1-4,9-12H2/b8-7-. The number of aliphatic imine (C=N–C) groups is 2. The number of pyridine rings is 1. The van der Waals surface area contributed by atoms with Gasteiger partial charge in [-0.1, -0.05) is 19.2 Å². The largest absolute Gasteiger partial charge is 0.378 e. The van der Waals surface area contributed by atoms with Gasteiger partial charge in [0.05, 0.1) is 24.5 Å². The molecular formula is C24H24N4O2. The molecule has 1 amide bonds. The Hall–Kier alpha value is -3.64. The van der Waals surface area contributed by atoms with Crippen LogP contribution in [0.15, 0.2) is 77.7 Å². The SMILES string of the molecule is C=N/C=C\C(=C)C(=C)c1cc(-c2cncc(C(=O)N3CCOCC3)c2)ccc1N=C. The lowest BCUT2D eigenvalue weighted by atomic mass is 9.94. The number of ether oxygens (including phenoxy) is 1. The van der Waals surface area contributed by atoms with E-state index in [-0.39, 0.29) is 5.91 Å². The normalized spacial score (nSPS) is 13.8. The molecule has 0 saturated carbocycles. The highest BCUT2D eigenvalue weighted by molar-refractivity contribution is 5.95. The van der Waals surface area contributed by atoms with Gasteiger partial charge in [0.15, 0.2) is 0 Å². The van der Waals surface area contributed by atoms with Crippen molar-refractivity contribution in [2.24, 2.45) is 9.98 Å². The molecule has 0 radical (unpaired) electrons. The van der Waals surface area contributed by atoms with Crippen LogP contribution in [0.3, 0.4) is 0 Å². The number of morpholine rings is 1. The van der Waals surface area contributed by atoms with Crippen LogP contribution in [0, 0.1) is 0 Å². The summed E-state index contributed by atoms with van der Waals surface area (Å²) in [5.74, 6) is -0.0444. The van der Waals surface area contributed by atoms with Crippen LogP contribution in [0.2, 0.25) is 0 Å². The fraction of sp³-hybridized carbons (Fsp3) is 0.167. The van der Waals surface area contributed by atoms with Crippen molar-refractivity contribution in [1.29, 1.82) is 0 Å². The van der Waals surface area contributed by atoms with Gasteiger partial charge in [0, 0.05) is 42.8 Å². The summed E-state index contributed by atoms with van der Waals surface area (Å²) in [6, 6.07) is 7.59. The molecule has 2 aromatic rings. The third-order valence-corrected chi connectivity index (χ3v) is 4.88. The summed E-state index contributed by atoms with van der Waals surface area (Å²) in [5.41, 5.74) is 5.15. The van der Waals surface area contributed by atoms with Gasteiger partial charge in [0.1, 0.15) is 0 Å². The molecule has 30 heavy (non-hydrogen) atoms. The first-order chi connectivity index (χ1) is 14.5.